The summed E-state index contributed by atoms with van der Waals surface area (Å²) in [6, 6.07) is 2.46. The molecule has 0 spiro atoms. The third-order valence-corrected chi connectivity index (χ3v) is 4.14. The average Bonchev–Trinajstić information content (AvgIpc) is 3.25. The second-order valence-electron chi connectivity index (χ2n) is 5.44. The maximum Gasteiger partial charge on any atom is 0.147 e. The molecule has 0 aromatic carbocycles. The predicted molar refractivity (Wildman–Crippen MR) is 83.4 cm³/mol. The van der Waals surface area contributed by atoms with Gasteiger partial charge >= 0.3 is 0 Å². The molecule has 5 heteroatoms. The summed E-state index contributed by atoms with van der Waals surface area (Å²) in [5.74, 6) is 1.64. The molecule has 1 atom stereocenters. The number of ether oxygens (including phenoxy) is 1. The Morgan fingerprint density at radius 1 is 1.55 bits per heavy atom. The van der Waals surface area contributed by atoms with Crippen molar-refractivity contribution >= 4 is 17.4 Å². The third-order valence-electron chi connectivity index (χ3n) is 3.86. The van der Waals surface area contributed by atoms with Gasteiger partial charge in [-0.05, 0) is 44.4 Å². The van der Waals surface area contributed by atoms with Crippen LogP contribution in [0, 0.1) is 5.92 Å². The molecule has 112 valence electrons. The van der Waals surface area contributed by atoms with Crippen LogP contribution in [0.2, 0.25) is 5.02 Å². The second-order valence-corrected chi connectivity index (χ2v) is 5.85. The molecule has 1 aromatic heterocycles. The molecule has 1 fully saturated rings. The maximum absolute atomic E-state index is 6.44. The summed E-state index contributed by atoms with van der Waals surface area (Å²) >= 11 is 6.44. The van der Waals surface area contributed by atoms with Crippen LogP contribution >= 0.6 is 11.6 Å². The number of rotatable bonds is 8. The second kappa shape index (κ2) is 7.25. The van der Waals surface area contributed by atoms with Gasteiger partial charge in [0.15, 0.2) is 0 Å². The van der Waals surface area contributed by atoms with Crippen molar-refractivity contribution in [2.24, 2.45) is 5.92 Å². The van der Waals surface area contributed by atoms with Gasteiger partial charge < -0.3 is 15.0 Å². The Bertz CT molecular complexity index is 437. The first-order valence-corrected chi connectivity index (χ1v) is 7.59. The van der Waals surface area contributed by atoms with Gasteiger partial charge in [0, 0.05) is 32.4 Å². The lowest BCUT2D eigenvalue weighted by atomic mass is 10.1. The molecule has 0 bridgehead atoms. The van der Waals surface area contributed by atoms with Gasteiger partial charge in [-0.1, -0.05) is 11.6 Å². The Labute approximate surface area is 126 Å². The lowest BCUT2D eigenvalue weighted by Crippen LogP contribution is -2.38. The number of halogens is 1. The Morgan fingerprint density at radius 2 is 2.30 bits per heavy atom. The molecule has 2 rings (SSSR count). The molecule has 1 saturated carbocycles. The zero-order valence-corrected chi connectivity index (χ0v) is 13.3. The van der Waals surface area contributed by atoms with E-state index in [0.717, 1.165) is 35.4 Å². The minimum atomic E-state index is 0.463. The summed E-state index contributed by atoms with van der Waals surface area (Å²) in [4.78, 5) is 6.86. The Balaban J connectivity index is 2.18. The molecule has 1 aromatic rings. The summed E-state index contributed by atoms with van der Waals surface area (Å²) in [6.07, 6.45) is 4.51. The first-order chi connectivity index (χ1) is 9.67. The first-order valence-electron chi connectivity index (χ1n) is 7.22. The van der Waals surface area contributed by atoms with Crippen LogP contribution in [0.15, 0.2) is 12.3 Å². The monoisotopic (exact) mass is 297 g/mol. The van der Waals surface area contributed by atoms with E-state index >= 15 is 0 Å². The fourth-order valence-electron chi connectivity index (χ4n) is 2.51. The third kappa shape index (κ3) is 3.84. The largest absolute Gasteiger partial charge is 0.383 e. The molecule has 0 amide bonds. The zero-order chi connectivity index (χ0) is 14.5. The maximum atomic E-state index is 6.44. The van der Waals surface area contributed by atoms with E-state index in [9.17, 15) is 0 Å². The van der Waals surface area contributed by atoms with Gasteiger partial charge in [-0.2, -0.15) is 0 Å². The summed E-state index contributed by atoms with van der Waals surface area (Å²) in [7, 11) is 3.65. The Morgan fingerprint density at radius 3 is 2.85 bits per heavy atom. The molecule has 1 aliphatic rings. The molecule has 1 aliphatic carbocycles. The molecule has 0 aliphatic heterocycles. The number of hydrogen-bond donors (Lipinski definition) is 1. The highest BCUT2D eigenvalue weighted by Gasteiger charge is 2.33. The highest BCUT2D eigenvalue weighted by atomic mass is 35.5. The highest BCUT2D eigenvalue weighted by Crippen LogP contribution is 2.38. The van der Waals surface area contributed by atoms with Crippen LogP contribution in [0.5, 0.6) is 0 Å². The van der Waals surface area contributed by atoms with E-state index in [4.69, 9.17) is 16.3 Å². The minimum Gasteiger partial charge on any atom is -0.383 e. The quantitative estimate of drug-likeness (QED) is 0.800. The standard InChI is InChI=1S/C15H24ClN3O/c1-11(13-4-5-13)19(6-7-20-3)15-14(16)8-12(9-17-2)10-18-15/h8,10-11,13,17H,4-7,9H2,1-3H3. The minimum absolute atomic E-state index is 0.463. The fourth-order valence-corrected chi connectivity index (χ4v) is 2.81. The number of pyridine rings is 1. The predicted octanol–water partition coefficient (Wildman–Crippen LogP) is 2.71. The van der Waals surface area contributed by atoms with Crippen LogP contribution < -0.4 is 10.2 Å². The number of nitrogens with one attached hydrogen (secondary N) is 1. The van der Waals surface area contributed by atoms with Crippen molar-refractivity contribution in [2.75, 3.05) is 32.2 Å². The van der Waals surface area contributed by atoms with Crippen molar-refractivity contribution in [3.05, 3.63) is 22.8 Å². The van der Waals surface area contributed by atoms with Crippen LogP contribution in [-0.4, -0.2) is 38.3 Å². The summed E-state index contributed by atoms with van der Waals surface area (Å²) in [5.41, 5.74) is 1.10. The SMILES string of the molecule is CNCc1cnc(N(CCOC)C(C)C2CC2)c(Cl)c1. The molecule has 1 unspecified atom stereocenters. The van der Waals surface area contributed by atoms with Gasteiger partial charge in [-0.15, -0.1) is 0 Å². The number of methoxy groups -OCH3 is 1. The van der Waals surface area contributed by atoms with Crippen LogP contribution in [0.4, 0.5) is 5.82 Å². The zero-order valence-electron chi connectivity index (χ0n) is 12.5. The van der Waals surface area contributed by atoms with E-state index in [1.807, 2.05) is 19.3 Å². The lowest BCUT2D eigenvalue weighted by Gasteiger charge is -2.31. The number of hydrogen-bond acceptors (Lipinski definition) is 4. The van der Waals surface area contributed by atoms with E-state index in [1.165, 1.54) is 12.8 Å². The molecule has 1 heterocycles. The topological polar surface area (TPSA) is 37.4 Å². The molecule has 0 radical (unpaired) electrons. The molecule has 4 nitrogen and oxygen atoms in total. The summed E-state index contributed by atoms with van der Waals surface area (Å²) < 4.78 is 5.22. The van der Waals surface area contributed by atoms with Crippen LogP contribution in [-0.2, 0) is 11.3 Å². The summed E-state index contributed by atoms with van der Waals surface area (Å²) in [5, 5.41) is 3.84. The van der Waals surface area contributed by atoms with Crippen molar-refractivity contribution in [2.45, 2.75) is 32.4 Å². The van der Waals surface area contributed by atoms with Gasteiger partial charge in [0.1, 0.15) is 5.82 Å². The van der Waals surface area contributed by atoms with Gasteiger partial charge in [-0.3, -0.25) is 0 Å². The van der Waals surface area contributed by atoms with Crippen LogP contribution in [0.25, 0.3) is 0 Å². The van der Waals surface area contributed by atoms with Crippen molar-refractivity contribution in [3.8, 4) is 0 Å². The molecule has 0 saturated heterocycles. The molecule has 1 N–H and O–H groups in total. The Hall–Kier alpha value is -0.840. The van der Waals surface area contributed by atoms with E-state index in [2.05, 4.69) is 22.1 Å². The Kier molecular flexibility index (Phi) is 5.64. The van der Waals surface area contributed by atoms with Crippen molar-refractivity contribution in [1.29, 1.82) is 0 Å². The average molecular weight is 298 g/mol. The van der Waals surface area contributed by atoms with E-state index in [-0.39, 0.29) is 0 Å². The normalized spacial score (nSPS) is 16.2. The van der Waals surface area contributed by atoms with E-state index < -0.39 is 0 Å². The van der Waals surface area contributed by atoms with Crippen LogP contribution in [0.1, 0.15) is 25.3 Å². The van der Waals surface area contributed by atoms with Crippen molar-refractivity contribution < 1.29 is 4.74 Å². The van der Waals surface area contributed by atoms with E-state index in [1.54, 1.807) is 7.11 Å². The number of aromatic nitrogens is 1. The number of anilines is 1. The van der Waals surface area contributed by atoms with Gasteiger partial charge in [0.2, 0.25) is 0 Å². The van der Waals surface area contributed by atoms with E-state index in [0.29, 0.717) is 12.6 Å². The van der Waals surface area contributed by atoms with Crippen molar-refractivity contribution in [3.63, 3.8) is 0 Å². The van der Waals surface area contributed by atoms with Crippen LogP contribution in [0.3, 0.4) is 0 Å². The van der Waals surface area contributed by atoms with Gasteiger partial charge in [-0.25, -0.2) is 4.98 Å². The lowest BCUT2D eigenvalue weighted by molar-refractivity contribution is 0.202. The summed E-state index contributed by atoms with van der Waals surface area (Å²) in [6.45, 7) is 4.55. The van der Waals surface area contributed by atoms with Gasteiger partial charge in [0.05, 0.1) is 11.6 Å². The van der Waals surface area contributed by atoms with Crippen molar-refractivity contribution in [1.82, 2.24) is 10.3 Å². The highest BCUT2D eigenvalue weighted by molar-refractivity contribution is 6.33. The number of nitrogens with zero attached hydrogens (tertiary/aromatic N) is 2. The fraction of sp³-hybridized carbons (Fsp3) is 0.667. The first kappa shape index (κ1) is 15.5. The molecular formula is C15H24ClN3O. The molecular weight excluding hydrogens is 274 g/mol. The van der Waals surface area contributed by atoms with Gasteiger partial charge in [0.25, 0.3) is 0 Å². The molecule has 20 heavy (non-hydrogen) atoms. The smallest absolute Gasteiger partial charge is 0.147 e.